The second-order valence-corrected chi connectivity index (χ2v) is 5.24. The fourth-order valence-corrected chi connectivity index (χ4v) is 2.65. The molecule has 2 heterocycles. The zero-order chi connectivity index (χ0) is 13.7. The number of ether oxygens (including phenoxy) is 2. The second kappa shape index (κ2) is 7.03. The first-order chi connectivity index (χ1) is 9.24. The normalized spacial score (nSPS) is 25.4. The lowest BCUT2D eigenvalue weighted by atomic mass is 10.00. The summed E-state index contributed by atoms with van der Waals surface area (Å²) in [6.07, 6.45) is 7.03. The number of hydrogen-bond donors (Lipinski definition) is 1. The number of aryl methyl sites for hydroxylation is 1. The van der Waals surface area contributed by atoms with Gasteiger partial charge in [-0.25, -0.2) is 4.98 Å². The summed E-state index contributed by atoms with van der Waals surface area (Å²) in [4.78, 5) is 4.17. The zero-order valence-electron chi connectivity index (χ0n) is 12.1. The molecule has 0 aliphatic carbocycles. The van der Waals surface area contributed by atoms with Crippen LogP contribution >= 0.6 is 0 Å². The summed E-state index contributed by atoms with van der Waals surface area (Å²) in [5.41, 5.74) is 1.16. The maximum atomic E-state index is 5.88. The van der Waals surface area contributed by atoms with E-state index in [1.807, 2.05) is 24.1 Å². The third-order valence-electron chi connectivity index (χ3n) is 3.80. The number of imidazole rings is 1. The van der Waals surface area contributed by atoms with Crippen molar-refractivity contribution in [2.24, 2.45) is 7.05 Å². The second-order valence-electron chi connectivity index (χ2n) is 5.24. The van der Waals surface area contributed by atoms with E-state index < -0.39 is 0 Å². The molecule has 0 aromatic carbocycles. The molecule has 1 N–H and O–H groups in total. The molecule has 1 aromatic rings. The fourth-order valence-electron chi connectivity index (χ4n) is 2.65. The number of hydrogen-bond acceptors (Lipinski definition) is 4. The number of rotatable bonds is 6. The van der Waals surface area contributed by atoms with Crippen LogP contribution in [0.3, 0.4) is 0 Å². The van der Waals surface area contributed by atoms with Gasteiger partial charge in [-0.2, -0.15) is 0 Å². The van der Waals surface area contributed by atoms with Gasteiger partial charge in [-0.3, -0.25) is 0 Å². The Bertz CT molecular complexity index is 381. The van der Waals surface area contributed by atoms with E-state index in [1.165, 1.54) is 0 Å². The number of nitrogens with zero attached hydrogens (tertiary/aromatic N) is 2. The van der Waals surface area contributed by atoms with E-state index >= 15 is 0 Å². The minimum Gasteiger partial charge on any atom is -0.383 e. The average molecular weight is 267 g/mol. The Morgan fingerprint density at radius 1 is 1.63 bits per heavy atom. The van der Waals surface area contributed by atoms with Crippen molar-refractivity contribution < 1.29 is 9.47 Å². The summed E-state index contributed by atoms with van der Waals surface area (Å²) in [6.45, 7) is 3.76. The summed E-state index contributed by atoms with van der Waals surface area (Å²) in [5, 5.41) is 3.68. The zero-order valence-corrected chi connectivity index (χ0v) is 12.1. The Morgan fingerprint density at radius 3 is 3.11 bits per heavy atom. The monoisotopic (exact) mass is 267 g/mol. The highest BCUT2D eigenvalue weighted by Gasteiger charge is 2.26. The van der Waals surface area contributed by atoms with Crippen LogP contribution in [0, 0.1) is 0 Å². The fraction of sp³-hybridized carbons (Fsp3) is 0.786. The molecule has 1 aromatic heterocycles. The lowest BCUT2D eigenvalue weighted by Crippen LogP contribution is -2.44. The topological polar surface area (TPSA) is 48.3 Å². The average Bonchev–Trinajstić information content (AvgIpc) is 2.85. The first-order valence-corrected chi connectivity index (χ1v) is 7.07. The molecule has 0 saturated carbocycles. The summed E-state index contributed by atoms with van der Waals surface area (Å²) in [6, 6.07) is 0.925. The van der Waals surface area contributed by atoms with Crippen LogP contribution in [0.1, 0.15) is 38.0 Å². The molecule has 1 fully saturated rings. The van der Waals surface area contributed by atoms with Crippen LogP contribution in [0.4, 0.5) is 0 Å². The third-order valence-corrected chi connectivity index (χ3v) is 3.80. The Balaban J connectivity index is 1.92. The highest BCUT2D eigenvalue weighted by Crippen LogP contribution is 2.27. The van der Waals surface area contributed by atoms with E-state index in [1.54, 1.807) is 7.11 Å². The van der Waals surface area contributed by atoms with Crippen molar-refractivity contribution in [3.63, 3.8) is 0 Å². The van der Waals surface area contributed by atoms with Crippen LogP contribution in [0.15, 0.2) is 12.5 Å². The van der Waals surface area contributed by atoms with Gasteiger partial charge in [0.15, 0.2) is 0 Å². The van der Waals surface area contributed by atoms with Gasteiger partial charge in [-0.05, 0) is 19.3 Å². The van der Waals surface area contributed by atoms with Gasteiger partial charge >= 0.3 is 0 Å². The van der Waals surface area contributed by atoms with Gasteiger partial charge in [0.2, 0.25) is 0 Å². The van der Waals surface area contributed by atoms with Crippen molar-refractivity contribution in [3.8, 4) is 0 Å². The van der Waals surface area contributed by atoms with Crippen LogP contribution in [0.2, 0.25) is 0 Å². The Labute approximate surface area is 115 Å². The summed E-state index contributed by atoms with van der Waals surface area (Å²) in [5.74, 6) is 0. The molecule has 1 saturated heterocycles. The first kappa shape index (κ1) is 14.5. The molecular formula is C14H25N3O2. The number of aromatic nitrogens is 2. The van der Waals surface area contributed by atoms with Gasteiger partial charge in [0.25, 0.3) is 0 Å². The Morgan fingerprint density at radius 2 is 2.47 bits per heavy atom. The third kappa shape index (κ3) is 3.78. The van der Waals surface area contributed by atoms with Crippen molar-refractivity contribution >= 4 is 0 Å². The maximum Gasteiger partial charge on any atom is 0.100 e. The number of methoxy groups -OCH3 is 1. The smallest absolute Gasteiger partial charge is 0.100 e. The van der Waals surface area contributed by atoms with E-state index in [0.29, 0.717) is 12.1 Å². The van der Waals surface area contributed by atoms with Crippen LogP contribution < -0.4 is 5.32 Å². The van der Waals surface area contributed by atoms with Crippen molar-refractivity contribution in [2.45, 2.75) is 44.4 Å². The molecular weight excluding hydrogens is 242 g/mol. The quantitative estimate of drug-likeness (QED) is 0.851. The minimum absolute atomic E-state index is 0.152. The van der Waals surface area contributed by atoms with Crippen LogP contribution in [-0.4, -0.2) is 42.0 Å². The summed E-state index contributed by atoms with van der Waals surface area (Å²) >= 11 is 0. The predicted octanol–water partition coefficient (Wildman–Crippen LogP) is 1.65. The maximum absolute atomic E-state index is 5.88. The lowest BCUT2D eigenvalue weighted by Gasteiger charge is -2.32. The van der Waals surface area contributed by atoms with Crippen LogP contribution in [0.25, 0.3) is 0 Å². The van der Waals surface area contributed by atoms with Gasteiger partial charge in [-0.15, -0.1) is 0 Å². The SMILES string of the molecule is CC[C@H](COC)N[C@H]1CCO[C@H](c2cncn2C)C1. The molecule has 19 heavy (non-hydrogen) atoms. The molecule has 0 radical (unpaired) electrons. The summed E-state index contributed by atoms with van der Waals surface area (Å²) in [7, 11) is 3.77. The highest BCUT2D eigenvalue weighted by molar-refractivity contribution is 5.04. The van der Waals surface area contributed by atoms with E-state index in [2.05, 4.69) is 17.2 Å². The molecule has 0 bridgehead atoms. The molecule has 5 nitrogen and oxygen atoms in total. The highest BCUT2D eigenvalue weighted by atomic mass is 16.5. The van der Waals surface area contributed by atoms with Crippen molar-refractivity contribution in [1.29, 1.82) is 0 Å². The predicted molar refractivity (Wildman–Crippen MR) is 74.0 cm³/mol. The van der Waals surface area contributed by atoms with Gasteiger partial charge in [0, 0.05) is 32.8 Å². The minimum atomic E-state index is 0.152. The van der Waals surface area contributed by atoms with E-state index in [9.17, 15) is 0 Å². The Kier molecular flexibility index (Phi) is 5.36. The molecule has 108 valence electrons. The Hall–Kier alpha value is -0.910. The molecule has 5 heteroatoms. The van der Waals surface area contributed by atoms with Crippen LogP contribution in [0.5, 0.6) is 0 Å². The standard InChI is InChI=1S/C14H25N3O2/c1-4-11(9-18-3)16-12-5-6-19-14(7-12)13-8-15-10-17(13)2/h8,10-12,14,16H,4-7,9H2,1-3H3/t11-,12+,14+/m1/s1. The van der Waals surface area contributed by atoms with E-state index in [-0.39, 0.29) is 6.10 Å². The van der Waals surface area contributed by atoms with Gasteiger partial charge in [-0.1, -0.05) is 6.92 Å². The molecule has 0 spiro atoms. The van der Waals surface area contributed by atoms with Gasteiger partial charge < -0.3 is 19.4 Å². The van der Waals surface area contributed by atoms with E-state index in [4.69, 9.17) is 9.47 Å². The van der Waals surface area contributed by atoms with Crippen LogP contribution in [-0.2, 0) is 16.5 Å². The van der Waals surface area contributed by atoms with Gasteiger partial charge in [0.1, 0.15) is 6.10 Å². The molecule has 1 aliphatic heterocycles. The first-order valence-electron chi connectivity index (χ1n) is 7.07. The number of nitrogens with one attached hydrogen (secondary N) is 1. The molecule has 2 rings (SSSR count). The lowest BCUT2D eigenvalue weighted by molar-refractivity contribution is -0.00768. The van der Waals surface area contributed by atoms with E-state index in [0.717, 1.165) is 38.2 Å². The molecule has 0 amide bonds. The largest absolute Gasteiger partial charge is 0.383 e. The van der Waals surface area contributed by atoms with Gasteiger partial charge in [0.05, 0.1) is 24.8 Å². The van der Waals surface area contributed by atoms with Crippen molar-refractivity contribution in [2.75, 3.05) is 20.3 Å². The molecule has 3 atom stereocenters. The summed E-state index contributed by atoms with van der Waals surface area (Å²) < 4.78 is 13.2. The molecule has 1 aliphatic rings. The molecule has 0 unspecified atom stereocenters. The van der Waals surface area contributed by atoms with Crippen molar-refractivity contribution in [1.82, 2.24) is 14.9 Å². The van der Waals surface area contributed by atoms with Crippen molar-refractivity contribution in [3.05, 3.63) is 18.2 Å².